The number of benzene rings is 1. The number of carbonyl (C=O) groups is 1. The molecular formula is C14H18FNO. The van der Waals surface area contributed by atoms with Gasteiger partial charge in [0.1, 0.15) is 5.82 Å². The van der Waals surface area contributed by atoms with Crippen molar-refractivity contribution in [2.45, 2.75) is 32.6 Å². The molecule has 17 heavy (non-hydrogen) atoms. The number of amides is 1. The van der Waals surface area contributed by atoms with Crippen molar-refractivity contribution in [2.75, 3.05) is 6.54 Å². The third kappa shape index (κ3) is 3.05. The Labute approximate surface area is 101 Å². The molecule has 0 spiro atoms. The van der Waals surface area contributed by atoms with Gasteiger partial charge in [0.2, 0.25) is 0 Å². The molecule has 0 atom stereocenters. The predicted octanol–water partition coefficient (Wildman–Crippen LogP) is 3.05. The zero-order valence-electron chi connectivity index (χ0n) is 10.1. The van der Waals surface area contributed by atoms with Crippen molar-refractivity contribution >= 4 is 5.91 Å². The summed E-state index contributed by atoms with van der Waals surface area (Å²) in [5, 5.41) is 2.79. The maximum atomic E-state index is 13.4. The molecule has 0 saturated heterocycles. The van der Waals surface area contributed by atoms with E-state index in [0.29, 0.717) is 6.54 Å². The van der Waals surface area contributed by atoms with E-state index in [-0.39, 0.29) is 11.5 Å². The summed E-state index contributed by atoms with van der Waals surface area (Å²) in [6, 6.07) is 4.60. The average molecular weight is 235 g/mol. The fourth-order valence-electron chi connectivity index (χ4n) is 2.08. The van der Waals surface area contributed by atoms with E-state index in [1.165, 1.54) is 25.3 Å². The van der Waals surface area contributed by atoms with E-state index in [9.17, 15) is 9.18 Å². The Balaban J connectivity index is 1.87. The molecule has 1 aromatic carbocycles. The lowest BCUT2D eigenvalue weighted by atomic mass is 9.83. The molecule has 1 amide bonds. The summed E-state index contributed by atoms with van der Waals surface area (Å²) in [5.74, 6) is 0.0138. The van der Waals surface area contributed by atoms with Gasteiger partial charge in [0, 0.05) is 6.54 Å². The van der Waals surface area contributed by atoms with Gasteiger partial charge >= 0.3 is 0 Å². The second-order valence-corrected chi connectivity index (χ2v) is 4.82. The third-order valence-corrected chi connectivity index (χ3v) is 3.43. The van der Waals surface area contributed by atoms with Gasteiger partial charge in [-0.15, -0.1) is 0 Å². The van der Waals surface area contributed by atoms with E-state index in [2.05, 4.69) is 5.32 Å². The summed E-state index contributed by atoms with van der Waals surface area (Å²) in [7, 11) is 0. The largest absolute Gasteiger partial charge is 0.352 e. The van der Waals surface area contributed by atoms with Crippen LogP contribution in [0.25, 0.3) is 0 Å². The van der Waals surface area contributed by atoms with Crippen LogP contribution in [0.15, 0.2) is 18.2 Å². The van der Waals surface area contributed by atoms with Gasteiger partial charge < -0.3 is 5.32 Å². The summed E-state index contributed by atoms with van der Waals surface area (Å²) in [6.45, 7) is 2.50. The second kappa shape index (κ2) is 5.30. The number of aryl methyl sites for hydroxylation is 1. The van der Waals surface area contributed by atoms with Crippen LogP contribution >= 0.6 is 0 Å². The zero-order chi connectivity index (χ0) is 12.3. The number of hydrogen-bond acceptors (Lipinski definition) is 1. The number of hydrogen-bond donors (Lipinski definition) is 1. The van der Waals surface area contributed by atoms with Gasteiger partial charge in [0.15, 0.2) is 0 Å². The van der Waals surface area contributed by atoms with Crippen molar-refractivity contribution < 1.29 is 9.18 Å². The molecule has 2 nitrogen and oxygen atoms in total. The first-order valence-corrected chi connectivity index (χ1v) is 6.21. The quantitative estimate of drug-likeness (QED) is 0.853. The maximum Gasteiger partial charge on any atom is 0.254 e. The molecule has 92 valence electrons. The molecule has 0 unspecified atom stereocenters. The fraction of sp³-hybridized carbons (Fsp3) is 0.500. The minimum absolute atomic E-state index is 0.151. The monoisotopic (exact) mass is 235 g/mol. The normalized spacial score (nSPS) is 15.4. The van der Waals surface area contributed by atoms with Crippen molar-refractivity contribution in [1.82, 2.24) is 5.32 Å². The fourth-order valence-corrected chi connectivity index (χ4v) is 2.08. The van der Waals surface area contributed by atoms with Gasteiger partial charge in [-0.3, -0.25) is 4.79 Å². The van der Waals surface area contributed by atoms with Crippen LogP contribution in [-0.4, -0.2) is 12.5 Å². The molecule has 2 rings (SSSR count). The van der Waals surface area contributed by atoms with Gasteiger partial charge in [-0.1, -0.05) is 30.9 Å². The SMILES string of the molecule is Cc1ccc(F)c(C(=O)NCCC2CCC2)c1. The Bertz CT molecular complexity index is 413. The number of rotatable bonds is 4. The molecule has 0 aromatic heterocycles. The first-order valence-electron chi connectivity index (χ1n) is 6.21. The molecule has 0 aliphatic heterocycles. The lowest BCUT2D eigenvalue weighted by molar-refractivity contribution is 0.0945. The van der Waals surface area contributed by atoms with Crippen molar-refractivity contribution in [3.8, 4) is 0 Å². The maximum absolute atomic E-state index is 13.4. The van der Waals surface area contributed by atoms with E-state index < -0.39 is 5.82 Å². The van der Waals surface area contributed by atoms with Crippen molar-refractivity contribution in [3.63, 3.8) is 0 Å². The Hall–Kier alpha value is -1.38. The Kier molecular flexibility index (Phi) is 3.77. The Morgan fingerprint density at radius 3 is 2.88 bits per heavy atom. The lowest BCUT2D eigenvalue weighted by Gasteiger charge is -2.25. The van der Waals surface area contributed by atoms with Crippen molar-refractivity contribution in [1.29, 1.82) is 0 Å². The van der Waals surface area contributed by atoms with Crippen LogP contribution in [0.4, 0.5) is 4.39 Å². The van der Waals surface area contributed by atoms with Crippen LogP contribution in [0.5, 0.6) is 0 Å². The molecule has 1 N–H and O–H groups in total. The molecule has 1 aliphatic carbocycles. The van der Waals surface area contributed by atoms with Gasteiger partial charge in [-0.25, -0.2) is 4.39 Å². The van der Waals surface area contributed by atoms with Crippen LogP contribution in [0.3, 0.4) is 0 Å². The first-order chi connectivity index (χ1) is 8.16. The number of halogens is 1. The molecule has 0 heterocycles. The highest BCUT2D eigenvalue weighted by Crippen LogP contribution is 2.28. The van der Waals surface area contributed by atoms with Gasteiger partial charge in [0.05, 0.1) is 5.56 Å². The Morgan fingerprint density at radius 2 is 2.24 bits per heavy atom. The highest BCUT2D eigenvalue weighted by Gasteiger charge is 2.17. The van der Waals surface area contributed by atoms with Crippen LogP contribution in [0.1, 0.15) is 41.6 Å². The van der Waals surface area contributed by atoms with Crippen LogP contribution in [0.2, 0.25) is 0 Å². The van der Waals surface area contributed by atoms with E-state index in [1.54, 1.807) is 12.1 Å². The third-order valence-electron chi connectivity index (χ3n) is 3.43. The minimum Gasteiger partial charge on any atom is -0.352 e. The molecule has 1 aliphatic rings. The van der Waals surface area contributed by atoms with Crippen LogP contribution in [-0.2, 0) is 0 Å². The highest BCUT2D eigenvalue weighted by atomic mass is 19.1. The predicted molar refractivity (Wildman–Crippen MR) is 65.4 cm³/mol. The second-order valence-electron chi connectivity index (χ2n) is 4.82. The van der Waals surface area contributed by atoms with E-state index in [0.717, 1.165) is 17.9 Å². The summed E-state index contributed by atoms with van der Waals surface area (Å²) < 4.78 is 13.4. The van der Waals surface area contributed by atoms with Crippen molar-refractivity contribution in [2.24, 2.45) is 5.92 Å². The van der Waals surface area contributed by atoms with Crippen LogP contribution in [0, 0.1) is 18.7 Å². The van der Waals surface area contributed by atoms with Crippen molar-refractivity contribution in [3.05, 3.63) is 35.1 Å². The minimum atomic E-state index is -0.447. The van der Waals surface area contributed by atoms with Gasteiger partial charge in [-0.2, -0.15) is 0 Å². The smallest absolute Gasteiger partial charge is 0.254 e. The number of carbonyl (C=O) groups excluding carboxylic acids is 1. The topological polar surface area (TPSA) is 29.1 Å². The van der Waals surface area contributed by atoms with E-state index in [4.69, 9.17) is 0 Å². The zero-order valence-corrected chi connectivity index (χ0v) is 10.1. The molecule has 3 heteroatoms. The lowest BCUT2D eigenvalue weighted by Crippen LogP contribution is -2.28. The standard InChI is InChI=1S/C14H18FNO/c1-10-5-6-13(15)12(9-10)14(17)16-8-7-11-3-2-4-11/h5-6,9,11H,2-4,7-8H2,1H3,(H,16,17). The van der Waals surface area contributed by atoms with E-state index in [1.807, 2.05) is 6.92 Å². The van der Waals surface area contributed by atoms with Gasteiger partial charge in [0.25, 0.3) is 5.91 Å². The summed E-state index contributed by atoms with van der Waals surface area (Å²) in [5.41, 5.74) is 1.05. The average Bonchev–Trinajstić information content (AvgIpc) is 2.25. The number of nitrogens with one attached hydrogen (secondary N) is 1. The molecule has 1 fully saturated rings. The Morgan fingerprint density at radius 1 is 1.47 bits per heavy atom. The van der Waals surface area contributed by atoms with Crippen LogP contribution < -0.4 is 5.32 Å². The van der Waals surface area contributed by atoms with E-state index >= 15 is 0 Å². The molecule has 1 saturated carbocycles. The summed E-state index contributed by atoms with van der Waals surface area (Å²) >= 11 is 0. The highest BCUT2D eigenvalue weighted by molar-refractivity contribution is 5.94. The first kappa shape index (κ1) is 12.1. The molecule has 0 radical (unpaired) electrons. The molecular weight excluding hydrogens is 217 g/mol. The van der Waals surface area contributed by atoms with Gasteiger partial charge in [-0.05, 0) is 31.4 Å². The molecule has 0 bridgehead atoms. The summed E-state index contributed by atoms with van der Waals surface area (Å²) in [6.07, 6.45) is 4.87. The summed E-state index contributed by atoms with van der Waals surface area (Å²) in [4.78, 5) is 11.8. The molecule has 1 aromatic rings.